The fraction of sp³-hybridized carbons (Fsp3) is 0.625. The van der Waals surface area contributed by atoms with Crippen LogP contribution in [0.4, 0.5) is 0 Å². The Morgan fingerprint density at radius 3 is 2.68 bits per heavy atom. The maximum absolute atomic E-state index is 5.76. The van der Waals surface area contributed by atoms with E-state index in [0.29, 0.717) is 6.04 Å². The highest BCUT2D eigenvalue weighted by atomic mass is 16.7. The number of rotatable bonds is 2. The normalized spacial score (nSPS) is 25.9. The van der Waals surface area contributed by atoms with Gasteiger partial charge in [0.2, 0.25) is 0 Å². The highest BCUT2D eigenvalue weighted by Crippen LogP contribution is 2.37. The number of allylic oxidation sites excluding steroid dienone is 3. The summed E-state index contributed by atoms with van der Waals surface area (Å²) < 4.78 is 11.5. The average Bonchev–Trinajstić information content (AvgIpc) is 2.88. The predicted molar refractivity (Wildman–Crippen MR) is 75.6 cm³/mol. The quantitative estimate of drug-likeness (QED) is 0.762. The zero-order valence-electron chi connectivity index (χ0n) is 11.9. The molecule has 3 nitrogen and oxygen atoms in total. The molecule has 3 aliphatic rings. The first-order valence-corrected chi connectivity index (χ1v) is 7.30. The van der Waals surface area contributed by atoms with Crippen LogP contribution in [-0.2, 0) is 9.47 Å². The van der Waals surface area contributed by atoms with E-state index in [1.165, 1.54) is 11.1 Å². The number of hydrogen-bond acceptors (Lipinski definition) is 3. The van der Waals surface area contributed by atoms with Crippen molar-refractivity contribution < 1.29 is 9.47 Å². The topological polar surface area (TPSA) is 21.7 Å². The zero-order chi connectivity index (χ0) is 13.3. The molecule has 0 bridgehead atoms. The Kier molecular flexibility index (Phi) is 3.50. The van der Waals surface area contributed by atoms with E-state index in [4.69, 9.17) is 9.47 Å². The molecule has 0 N–H and O–H groups in total. The van der Waals surface area contributed by atoms with Gasteiger partial charge in [-0.2, -0.15) is 0 Å². The van der Waals surface area contributed by atoms with Crippen LogP contribution in [0.25, 0.3) is 0 Å². The molecule has 19 heavy (non-hydrogen) atoms. The molecule has 2 heterocycles. The van der Waals surface area contributed by atoms with E-state index in [1.807, 2.05) is 0 Å². The van der Waals surface area contributed by atoms with Gasteiger partial charge < -0.3 is 14.4 Å². The fourth-order valence-corrected chi connectivity index (χ4v) is 2.95. The molecular weight excluding hydrogens is 238 g/mol. The summed E-state index contributed by atoms with van der Waals surface area (Å²) in [6.07, 6.45) is 12.0. The van der Waals surface area contributed by atoms with Gasteiger partial charge in [-0.1, -0.05) is 18.2 Å². The van der Waals surface area contributed by atoms with Crippen molar-refractivity contribution in [3.05, 3.63) is 35.6 Å². The summed E-state index contributed by atoms with van der Waals surface area (Å²) in [5.74, 6) is -0.305. The number of hydrogen-bond donors (Lipinski definition) is 0. The Hall–Kier alpha value is -1.06. The van der Waals surface area contributed by atoms with Crippen LogP contribution in [0.1, 0.15) is 33.1 Å². The van der Waals surface area contributed by atoms with Crippen molar-refractivity contribution >= 4 is 0 Å². The van der Waals surface area contributed by atoms with Crippen LogP contribution in [0.15, 0.2) is 35.6 Å². The second-order valence-electron chi connectivity index (χ2n) is 5.82. The van der Waals surface area contributed by atoms with Gasteiger partial charge in [-0.3, -0.25) is 0 Å². The lowest BCUT2D eigenvalue weighted by Gasteiger charge is -2.33. The molecule has 1 fully saturated rings. The fourth-order valence-electron chi connectivity index (χ4n) is 2.95. The Labute approximate surface area is 115 Å². The van der Waals surface area contributed by atoms with Crippen LogP contribution < -0.4 is 0 Å². The molecule has 2 aliphatic heterocycles. The minimum atomic E-state index is -0.305. The smallest absolute Gasteiger partial charge is 0.172 e. The largest absolute Gasteiger partial charge is 0.371 e. The summed E-state index contributed by atoms with van der Waals surface area (Å²) in [6, 6.07) is 0.553. The summed E-state index contributed by atoms with van der Waals surface area (Å²) in [7, 11) is 0. The minimum absolute atomic E-state index is 0.305. The molecule has 104 valence electrons. The van der Waals surface area contributed by atoms with Crippen LogP contribution in [0.2, 0.25) is 0 Å². The maximum atomic E-state index is 5.76. The van der Waals surface area contributed by atoms with Crippen LogP contribution in [0.5, 0.6) is 0 Å². The van der Waals surface area contributed by atoms with Gasteiger partial charge >= 0.3 is 0 Å². The Morgan fingerprint density at radius 1 is 1.26 bits per heavy atom. The molecule has 0 aromatic rings. The van der Waals surface area contributed by atoms with Crippen molar-refractivity contribution in [3.63, 3.8) is 0 Å². The van der Waals surface area contributed by atoms with E-state index in [1.54, 1.807) is 0 Å². The van der Waals surface area contributed by atoms with E-state index in [2.05, 4.69) is 43.2 Å². The molecule has 3 heteroatoms. The molecule has 0 aromatic carbocycles. The van der Waals surface area contributed by atoms with Crippen molar-refractivity contribution in [2.24, 2.45) is 0 Å². The molecule has 0 atom stereocenters. The third-order valence-electron chi connectivity index (χ3n) is 4.20. The third kappa shape index (κ3) is 2.63. The Morgan fingerprint density at radius 2 is 2.05 bits per heavy atom. The standard InChI is InChI=1S/C16H23NO2/c1-13(2)17-9-3-4-15(12-17)14-5-7-16(8-6-14)18-10-11-19-16/h3-5,12-13H,6-11H2,1-2H3. The van der Waals surface area contributed by atoms with E-state index >= 15 is 0 Å². The summed E-state index contributed by atoms with van der Waals surface area (Å²) in [4.78, 5) is 2.38. The SMILES string of the molecule is CC(C)N1C=C(C2=CCC3(CC2)OCCO3)C=CC1. The van der Waals surface area contributed by atoms with E-state index < -0.39 is 0 Å². The molecule has 3 rings (SSSR count). The Bertz CT molecular complexity index is 428. The van der Waals surface area contributed by atoms with Gasteiger partial charge in [0, 0.05) is 31.6 Å². The first-order valence-electron chi connectivity index (χ1n) is 7.30. The summed E-state index contributed by atoms with van der Waals surface area (Å²) >= 11 is 0. The van der Waals surface area contributed by atoms with Crippen LogP contribution in [0.3, 0.4) is 0 Å². The highest BCUT2D eigenvalue weighted by Gasteiger charge is 2.37. The summed E-state index contributed by atoms with van der Waals surface area (Å²) in [6.45, 7) is 6.97. The van der Waals surface area contributed by atoms with Gasteiger partial charge in [0.1, 0.15) is 0 Å². The van der Waals surface area contributed by atoms with Crippen molar-refractivity contribution in [1.82, 2.24) is 4.90 Å². The molecule has 1 aliphatic carbocycles. The molecule has 0 unspecified atom stereocenters. The van der Waals surface area contributed by atoms with E-state index in [-0.39, 0.29) is 5.79 Å². The van der Waals surface area contributed by atoms with Crippen LogP contribution in [0, 0.1) is 0 Å². The lowest BCUT2D eigenvalue weighted by atomic mass is 9.89. The molecule has 0 aromatic heterocycles. The second-order valence-corrected chi connectivity index (χ2v) is 5.82. The lowest BCUT2D eigenvalue weighted by molar-refractivity contribution is -0.161. The van der Waals surface area contributed by atoms with Crippen molar-refractivity contribution in [1.29, 1.82) is 0 Å². The molecule has 0 amide bonds. The molecular formula is C16H23NO2. The summed E-state index contributed by atoms with van der Waals surface area (Å²) in [5.41, 5.74) is 2.79. The van der Waals surface area contributed by atoms with Crippen molar-refractivity contribution in [3.8, 4) is 0 Å². The van der Waals surface area contributed by atoms with Crippen LogP contribution in [-0.4, -0.2) is 36.5 Å². The third-order valence-corrected chi connectivity index (χ3v) is 4.20. The van der Waals surface area contributed by atoms with E-state index in [0.717, 1.165) is 39.0 Å². The predicted octanol–water partition coefficient (Wildman–Crippen LogP) is 3.00. The average molecular weight is 261 g/mol. The van der Waals surface area contributed by atoms with Crippen molar-refractivity contribution in [2.45, 2.75) is 44.9 Å². The molecule has 0 saturated carbocycles. The number of nitrogens with zero attached hydrogens (tertiary/aromatic N) is 1. The summed E-state index contributed by atoms with van der Waals surface area (Å²) in [5, 5.41) is 0. The van der Waals surface area contributed by atoms with Gasteiger partial charge in [-0.05, 0) is 31.4 Å². The minimum Gasteiger partial charge on any atom is -0.371 e. The van der Waals surface area contributed by atoms with Crippen molar-refractivity contribution in [2.75, 3.05) is 19.8 Å². The first kappa shape index (κ1) is 12.9. The molecule has 0 radical (unpaired) electrons. The highest BCUT2D eigenvalue weighted by molar-refractivity contribution is 5.42. The maximum Gasteiger partial charge on any atom is 0.172 e. The zero-order valence-corrected chi connectivity index (χ0v) is 11.9. The lowest BCUT2D eigenvalue weighted by Crippen LogP contribution is -2.32. The van der Waals surface area contributed by atoms with Gasteiger partial charge in [-0.25, -0.2) is 0 Å². The van der Waals surface area contributed by atoms with Gasteiger partial charge in [-0.15, -0.1) is 0 Å². The second kappa shape index (κ2) is 5.14. The number of ether oxygens (including phenoxy) is 2. The monoisotopic (exact) mass is 261 g/mol. The van der Waals surface area contributed by atoms with E-state index in [9.17, 15) is 0 Å². The first-order chi connectivity index (χ1) is 9.19. The van der Waals surface area contributed by atoms with Gasteiger partial charge in [0.15, 0.2) is 5.79 Å². The van der Waals surface area contributed by atoms with Gasteiger partial charge in [0.05, 0.1) is 13.2 Å². The molecule has 1 spiro atoms. The van der Waals surface area contributed by atoms with Crippen LogP contribution >= 0.6 is 0 Å². The molecule has 1 saturated heterocycles. The Balaban J connectivity index is 1.73. The van der Waals surface area contributed by atoms with Gasteiger partial charge in [0.25, 0.3) is 0 Å².